The molecule has 2 aromatic carbocycles. The molecule has 1 aliphatic carbocycles. The number of hydrogen-bond donors (Lipinski definition) is 1. The Labute approximate surface area is 177 Å². The van der Waals surface area contributed by atoms with Crippen molar-refractivity contribution >= 4 is 23.2 Å². The second-order valence-corrected chi connectivity index (χ2v) is 8.39. The molecule has 1 fully saturated rings. The zero-order valence-electron chi connectivity index (χ0n) is 18.1. The molecule has 0 atom stereocenters. The molecule has 0 radical (unpaired) electrons. The first kappa shape index (κ1) is 21.8. The largest absolute Gasteiger partial charge is 0.377 e. The van der Waals surface area contributed by atoms with Crippen LogP contribution in [0.1, 0.15) is 49.0 Å². The number of rotatable bonds is 7. The van der Waals surface area contributed by atoms with Crippen molar-refractivity contribution in [3.05, 3.63) is 59.4 Å². The molecule has 0 unspecified atom stereocenters. The Bertz CT molecular complexity index is 905. The third-order valence-electron chi connectivity index (χ3n) is 5.62. The van der Waals surface area contributed by atoms with Crippen LogP contribution in [0.5, 0.6) is 0 Å². The second kappa shape index (κ2) is 9.28. The molecular weight excluding hydrogens is 381 g/mol. The van der Waals surface area contributed by atoms with Gasteiger partial charge in [0.1, 0.15) is 5.82 Å². The molecule has 6 heteroatoms. The lowest BCUT2D eigenvalue weighted by atomic mass is 9.85. The van der Waals surface area contributed by atoms with E-state index in [9.17, 15) is 14.0 Å². The number of nitrogens with one attached hydrogen (secondary N) is 1. The van der Waals surface area contributed by atoms with Gasteiger partial charge in [0.25, 0.3) is 5.91 Å². The lowest BCUT2D eigenvalue weighted by molar-refractivity contribution is -0.122. The lowest BCUT2D eigenvalue weighted by Gasteiger charge is -2.30. The van der Waals surface area contributed by atoms with Crippen molar-refractivity contribution in [3.8, 4) is 0 Å². The first-order chi connectivity index (χ1) is 14.3. The van der Waals surface area contributed by atoms with Crippen molar-refractivity contribution in [3.63, 3.8) is 0 Å². The highest BCUT2D eigenvalue weighted by Crippen LogP contribution is 2.30. The lowest BCUT2D eigenvalue weighted by Crippen LogP contribution is -2.37. The van der Waals surface area contributed by atoms with E-state index in [1.807, 2.05) is 51.0 Å². The summed E-state index contributed by atoms with van der Waals surface area (Å²) in [5.41, 5.74) is 3.11. The molecule has 0 spiro atoms. The molecule has 0 bridgehead atoms. The first-order valence-electron chi connectivity index (χ1n) is 10.4. The van der Waals surface area contributed by atoms with Gasteiger partial charge < -0.3 is 15.1 Å². The summed E-state index contributed by atoms with van der Waals surface area (Å²) < 4.78 is 13.3. The van der Waals surface area contributed by atoms with Gasteiger partial charge in [-0.25, -0.2) is 4.39 Å². The summed E-state index contributed by atoms with van der Waals surface area (Å²) in [5, 5.41) is 3.02. The molecule has 2 amide bonds. The van der Waals surface area contributed by atoms with Crippen LogP contribution in [-0.2, 0) is 11.3 Å². The average molecular weight is 412 g/mol. The van der Waals surface area contributed by atoms with E-state index in [1.54, 1.807) is 4.90 Å². The van der Waals surface area contributed by atoms with Crippen molar-refractivity contribution in [2.24, 2.45) is 5.92 Å². The Balaban J connectivity index is 1.86. The normalized spacial score (nSPS) is 13.7. The van der Waals surface area contributed by atoms with Crippen molar-refractivity contribution in [1.82, 2.24) is 4.90 Å². The van der Waals surface area contributed by atoms with Crippen LogP contribution in [-0.4, -0.2) is 36.9 Å². The van der Waals surface area contributed by atoms with Crippen LogP contribution in [0, 0.1) is 11.7 Å². The predicted octanol–water partition coefficient (Wildman–Crippen LogP) is 4.68. The molecule has 0 saturated heterocycles. The van der Waals surface area contributed by atoms with E-state index < -0.39 is 0 Å². The number of nitrogens with zero attached hydrogens (tertiary/aromatic N) is 2. The molecular formula is C24H30FN3O2. The van der Waals surface area contributed by atoms with Crippen LogP contribution >= 0.6 is 0 Å². The minimum Gasteiger partial charge on any atom is -0.377 e. The summed E-state index contributed by atoms with van der Waals surface area (Å²) in [7, 11) is 3.90. The van der Waals surface area contributed by atoms with Crippen molar-refractivity contribution in [1.29, 1.82) is 0 Å². The molecule has 160 valence electrons. The van der Waals surface area contributed by atoms with E-state index in [4.69, 9.17) is 0 Å². The Morgan fingerprint density at radius 1 is 1.10 bits per heavy atom. The van der Waals surface area contributed by atoms with Gasteiger partial charge in [0.05, 0.1) is 0 Å². The fourth-order valence-corrected chi connectivity index (χ4v) is 3.57. The highest BCUT2D eigenvalue weighted by Gasteiger charge is 2.26. The van der Waals surface area contributed by atoms with E-state index in [2.05, 4.69) is 5.32 Å². The molecule has 0 heterocycles. The monoisotopic (exact) mass is 411 g/mol. The molecule has 0 aromatic heterocycles. The SMILES string of the molecule is CC(C)N(Cc1cc(NC(=O)C2CCC2)ccc1N(C)C)C(=O)c1ccc(F)cc1. The number of benzene rings is 2. The fourth-order valence-electron chi connectivity index (χ4n) is 3.57. The van der Waals surface area contributed by atoms with E-state index in [-0.39, 0.29) is 29.6 Å². The van der Waals surface area contributed by atoms with Crippen LogP contribution in [0.15, 0.2) is 42.5 Å². The van der Waals surface area contributed by atoms with Crippen molar-refractivity contribution in [2.75, 3.05) is 24.3 Å². The molecule has 2 aromatic rings. The number of carbonyl (C=O) groups excluding carboxylic acids is 2. The maximum absolute atomic E-state index is 13.3. The highest BCUT2D eigenvalue weighted by molar-refractivity contribution is 5.95. The smallest absolute Gasteiger partial charge is 0.254 e. The van der Waals surface area contributed by atoms with Gasteiger partial charge >= 0.3 is 0 Å². The molecule has 30 heavy (non-hydrogen) atoms. The maximum Gasteiger partial charge on any atom is 0.254 e. The summed E-state index contributed by atoms with van der Waals surface area (Å²) in [6, 6.07) is 11.4. The Kier molecular flexibility index (Phi) is 6.75. The zero-order valence-corrected chi connectivity index (χ0v) is 18.1. The summed E-state index contributed by atoms with van der Waals surface area (Å²) >= 11 is 0. The highest BCUT2D eigenvalue weighted by atomic mass is 19.1. The zero-order chi connectivity index (χ0) is 21.8. The van der Waals surface area contributed by atoms with E-state index in [0.29, 0.717) is 12.1 Å². The number of carbonyl (C=O) groups is 2. The minimum atomic E-state index is -0.368. The quantitative estimate of drug-likeness (QED) is 0.720. The van der Waals surface area contributed by atoms with Crippen LogP contribution in [0.4, 0.5) is 15.8 Å². The summed E-state index contributed by atoms with van der Waals surface area (Å²) in [6.07, 6.45) is 3.00. The Hall–Kier alpha value is -2.89. The minimum absolute atomic E-state index is 0.0502. The van der Waals surface area contributed by atoms with E-state index in [1.165, 1.54) is 24.3 Å². The van der Waals surface area contributed by atoms with Gasteiger partial charge in [-0.1, -0.05) is 6.42 Å². The molecule has 3 rings (SSSR count). The van der Waals surface area contributed by atoms with Gasteiger partial charge in [-0.2, -0.15) is 0 Å². The van der Waals surface area contributed by atoms with Gasteiger partial charge in [0, 0.05) is 49.5 Å². The van der Waals surface area contributed by atoms with Crippen molar-refractivity contribution < 1.29 is 14.0 Å². The number of hydrogen-bond acceptors (Lipinski definition) is 3. The van der Waals surface area contributed by atoms with Crippen LogP contribution < -0.4 is 10.2 Å². The average Bonchev–Trinajstić information content (AvgIpc) is 2.64. The number of anilines is 2. The first-order valence-corrected chi connectivity index (χ1v) is 10.4. The van der Waals surface area contributed by atoms with Gasteiger partial charge in [-0.15, -0.1) is 0 Å². The molecule has 1 aliphatic rings. The van der Waals surface area contributed by atoms with E-state index in [0.717, 1.165) is 36.2 Å². The van der Waals surface area contributed by atoms with Gasteiger partial charge in [-0.05, 0) is 74.7 Å². The molecule has 5 nitrogen and oxygen atoms in total. The predicted molar refractivity (Wildman–Crippen MR) is 118 cm³/mol. The maximum atomic E-state index is 13.3. The molecule has 1 saturated carbocycles. The third-order valence-corrected chi connectivity index (χ3v) is 5.62. The standard InChI is InChI=1S/C24H30FN3O2/c1-16(2)28(24(30)18-8-10-20(25)11-9-18)15-19-14-21(12-13-22(19)27(3)4)26-23(29)17-6-5-7-17/h8-14,16-17H,5-7,15H2,1-4H3,(H,26,29). The van der Waals surface area contributed by atoms with Gasteiger partial charge in [0.15, 0.2) is 0 Å². The third kappa shape index (κ3) is 4.99. The Morgan fingerprint density at radius 3 is 2.30 bits per heavy atom. The number of halogens is 1. The Morgan fingerprint density at radius 2 is 1.77 bits per heavy atom. The summed E-state index contributed by atoms with van der Waals surface area (Å²) in [5.74, 6) is -0.354. The molecule has 1 N–H and O–H groups in total. The van der Waals surface area contributed by atoms with Crippen LogP contribution in [0.3, 0.4) is 0 Å². The van der Waals surface area contributed by atoms with Gasteiger partial charge in [-0.3, -0.25) is 9.59 Å². The topological polar surface area (TPSA) is 52.7 Å². The van der Waals surface area contributed by atoms with Crippen LogP contribution in [0.25, 0.3) is 0 Å². The van der Waals surface area contributed by atoms with E-state index >= 15 is 0 Å². The van der Waals surface area contributed by atoms with Crippen LogP contribution in [0.2, 0.25) is 0 Å². The van der Waals surface area contributed by atoms with Gasteiger partial charge in [0.2, 0.25) is 5.91 Å². The second-order valence-electron chi connectivity index (χ2n) is 8.39. The molecule has 0 aliphatic heterocycles. The van der Waals surface area contributed by atoms with Crippen molar-refractivity contribution in [2.45, 2.75) is 45.7 Å². The fraction of sp³-hybridized carbons (Fsp3) is 0.417. The summed E-state index contributed by atoms with van der Waals surface area (Å²) in [4.78, 5) is 29.2. The summed E-state index contributed by atoms with van der Waals surface area (Å²) in [6.45, 7) is 4.30. The number of amides is 2.